The zero-order valence-corrected chi connectivity index (χ0v) is 16.0. The zero-order chi connectivity index (χ0) is 15.6. The van der Waals surface area contributed by atoms with Crippen molar-refractivity contribution in [2.24, 2.45) is 4.99 Å². The van der Waals surface area contributed by atoms with Crippen LogP contribution in [0.5, 0.6) is 0 Å². The van der Waals surface area contributed by atoms with Gasteiger partial charge >= 0.3 is 0 Å². The summed E-state index contributed by atoms with van der Waals surface area (Å²) in [5.74, 6) is 1.11. The molecule has 1 aromatic rings. The molecule has 0 aromatic carbocycles. The average Bonchev–Trinajstić information content (AvgIpc) is 3.15. The molecule has 2 rings (SSSR count). The topological polar surface area (TPSA) is 74.6 Å². The summed E-state index contributed by atoms with van der Waals surface area (Å²) in [6, 6.07) is 1.92. The Morgan fingerprint density at radius 3 is 2.91 bits per heavy atom. The summed E-state index contributed by atoms with van der Waals surface area (Å²) in [6.07, 6.45) is 6.33. The molecule has 23 heavy (non-hydrogen) atoms. The van der Waals surface area contributed by atoms with Crippen LogP contribution >= 0.6 is 24.0 Å². The molecule has 7 nitrogen and oxygen atoms in total. The van der Waals surface area contributed by atoms with E-state index in [-0.39, 0.29) is 29.9 Å². The minimum Gasteiger partial charge on any atom is -0.357 e. The Kier molecular flexibility index (Phi) is 9.65. The van der Waals surface area contributed by atoms with Crippen LogP contribution in [0.15, 0.2) is 23.5 Å². The van der Waals surface area contributed by atoms with Gasteiger partial charge in [-0.15, -0.1) is 24.0 Å². The van der Waals surface area contributed by atoms with Gasteiger partial charge in [-0.2, -0.15) is 5.10 Å². The van der Waals surface area contributed by atoms with Gasteiger partial charge < -0.3 is 15.5 Å². The third-order valence-electron chi connectivity index (χ3n) is 3.56. The fourth-order valence-electron chi connectivity index (χ4n) is 2.46. The van der Waals surface area contributed by atoms with Gasteiger partial charge in [-0.1, -0.05) is 0 Å². The van der Waals surface area contributed by atoms with Crippen LogP contribution in [-0.2, 0) is 11.3 Å². The predicted octanol–water partition coefficient (Wildman–Crippen LogP) is 1.07. The maximum atomic E-state index is 11.5. The minimum atomic E-state index is 0. The standard InChI is InChI=1S/C15H26N6O.HI/c1-2-16-15(18-9-13-21-12-5-8-19-21)17-7-4-11-20-10-3-6-14(20)22;/h5,8,12H,2-4,6-7,9-11,13H2,1H3,(H2,16,17,18);1H. The maximum absolute atomic E-state index is 11.5. The Balaban J connectivity index is 0.00000264. The number of carbonyl (C=O) groups excluding carboxylic acids is 1. The monoisotopic (exact) mass is 434 g/mol. The summed E-state index contributed by atoms with van der Waals surface area (Å²) in [7, 11) is 0. The first kappa shape index (κ1) is 19.7. The normalized spacial score (nSPS) is 14.7. The molecule has 1 aliphatic rings. The van der Waals surface area contributed by atoms with Crippen LogP contribution in [0, 0.1) is 0 Å². The molecular formula is C15H27IN6O. The second-order valence-corrected chi connectivity index (χ2v) is 5.29. The lowest BCUT2D eigenvalue weighted by Gasteiger charge is -2.15. The number of halogens is 1. The molecule has 1 aromatic heterocycles. The molecule has 1 amide bonds. The van der Waals surface area contributed by atoms with Gasteiger partial charge in [0.15, 0.2) is 5.96 Å². The van der Waals surface area contributed by atoms with Crippen molar-refractivity contribution in [2.75, 3.05) is 32.7 Å². The van der Waals surface area contributed by atoms with Gasteiger partial charge in [-0.05, 0) is 25.8 Å². The molecule has 1 aliphatic heterocycles. The van der Waals surface area contributed by atoms with E-state index in [2.05, 4.69) is 20.7 Å². The third kappa shape index (κ3) is 7.19. The number of likely N-dealkylation sites (tertiary alicyclic amines) is 1. The molecule has 1 saturated heterocycles. The number of nitrogens with zero attached hydrogens (tertiary/aromatic N) is 4. The fraction of sp³-hybridized carbons (Fsp3) is 0.667. The molecule has 2 heterocycles. The smallest absolute Gasteiger partial charge is 0.222 e. The first-order valence-electron chi connectivity index (χ1n) is 8.07. The highest BCUT2D eigenvalue weighted by atomic mass is 127. The molecule has 0 aliphatic carbocycles. The van der Waals surface area contributed by atoms with Crippen molar-refractivity contribution in [3.63, 3.8) is 0 Å². The van der Waals surface area contributed by atoms with E-state index in [1.807, 2.05) is 28.8 Å². The number of aliphatic imine (C=N–C) groups is 1. The third-order valence-corrected chi connectivity index (χ3v) is 3.56. The molecule has 0 unspecified atom stereocenters. The number of hydrogen-bond donors (Lipinski definition) is 2. The molecule has 0 atom stereocenters. The Labute approximate surface area is 154 Å². The molecule has 0 bridgehead atoms. The van der Waals surface area contributed by atoms with Crippen LogP contribution in [0.3, 0.4) is 0 Å². The number of aromatic nitrogens is 2. The van der Waals surface area contributed by atoms with Gasteiger partial charge in [0.05, 0.1) is 6.54 Å². The van der Waals surface area contributed by atoms with Crippen molar-refractivity contribution in [1.29, 1.82) is 0 Å². The summed E-state index contributed by atoms with van der Waals surface area (Å²) in [4.78, 5) is 18.0. The average molecular weight is 434 g/mol. The van der Waals surface area contributed by atoms with Crippen molar-refractivity contribution in [2.45, 2.75) is 32.7 Å². The van der Waals surface area contributed by atoms with Crippen LogP contribution in [0.1, 0.15) is 26.2 Å². The van der Waals surface area contributed by atoms with Crippen LogP contribution in [0.25, 0.3) is 0 Å². The lowest BCUT2D eigenvalue weighted by atomic mass is 10.4. The Morgan fingerprint density at radius 2 is 2.26 bits per heavy atom. The van der Waals surface area contributed by atoms with E-state index in [1.54, 1.807) is 6.20 Å². The molecule has 1 fully saturated rings. The van der Waals surface area contributed by atoms with E-state index in [9.17, 15) is 4.79 Å². The number of carbonyl (C=O) groups is 1. The van der Waals surface area contributed by atoms with E-state index >= 15 is 0 Å². The van der Waals surface area contributed by atoms with Crippen molar-refractivity contribution >= 4 is 35.8 Å². The highest BCUT2D eigenvalue weighted by Crippen LogP contribution is 2.09. The van der Waals surface area contributed by atoms with Crippen molar-refractivity contribution in [1.82, 2.24) is 25.3 Å². The molecule has 0 saturated carbocycles. The van der Waals surface area contributed by atoms with Gasteiger partial charge in [0, 0.05) is 51.5 Å². The summed E-state index contributed by atoms with van der Waals surface area (Å²) in [5, 5.41) is 10.7. The SMILES string of the molecule is CCNC(=NCCCN1CCCC1=O)NCCn1cccn1.I. The van der Waals surface area contributed by atoms with E-state index in [0.717, 1.165) is 58.1 Å². The van der Waals surface area contributed by atoms with E-state index in [1.165, 1.54) is 0 Å². The zero-order valence-electron chi connectivity index (χ0n) is 13.7. The Morgan fingerprint density at radius 1 is 1.39 bits per heavy atom. The summed E-state index contributed by atoms with van der Waals surface area (Å²) in [6.45, 7) is 6.91. The minimum absolute atomic E-state index is 0. The Hall–Kier alpha value is -1.32. The second-order valence-electron chi connectivity index (χ2n) is 5.29. The van der Waals surface area contributed by atoms with Crippen molar-refractivity contribution in [3.05, 3.63) is 18.5 Å². The van der Waals surface area contributed by atoms with Gasteiger partial charge in [-0.3, -0.25) is 14.5 Å². The van der Waals surface area contributed by atoms with Gasteiger partial charge in [0.2, 0.25) is 5.91 Å². The highest BCUT2D eigenvalue weighted by molar-refractivity contribution is 14.0. The highest BCUT2D eigenvalue weighted by Gasteiger charge is 2.18. The van der Waals surface area contributed by atoms with Gasteiger partial charge in [-0.25, -0.2) is 0 Å². The van der Waals surface area contributed by atoms with Gasteiger partial charge in [0.25, 0.3) is 0 Å². The van der Waals surface area contributed by atoms with Crippen LogP contribution in [0.2, 0.25) is 0 Å². The molecule has 8 heteroatoms. The van der Waals surface area contributed by atoms with Crippen LogP contribution in [-0.4, -0.2) is 59.3 Å². The quantitative estimate of drug-likeness (QED) is 0.278. The van der Waals surface area contributed by atoms with Crippen LogP contribution in [0.4, 0.5) is 0 Å². The molecule has 130 valence electrons. The first-order valence-corrected chi connectivity index (χ1v) is 8.07. The number of rotatable bonds is 8. The summed E-state index contributed by atoms with van der Waals surface area (Å²) in [5.41, 5.74) is 0. The largest absolute Gasteiger partial charge is 0.357 e. The molecule has 2 N–H and O–H groups in total. The summed E-state index contributed by atoms with van der Waals surface area (Å²) >= 11 is 0. The second kappa shape index (κ2) is 11.3. The van der Waals surface area contributed by atoms with Crippen molar-refractivity contribution in [3.8, 4) is 0 Å². The number of nitrogens with one attached hydrogen (secondary N) is 2. The number of guanidine groups is 1. The first-order chi connectivity index (χ1) is 10.8. The van der Waals surface area contributed by atoms with E-state index < -0.39 is 0 Å². The summed E-state index contributed by atoms with van der Waals surface area (Å²) < 4.78 is 1.88. The van der Waals surface area contributed by atoms with E-state index in [0.29, 0.717) is 6.42 Å². The molecule has 0 spiro atoms. The molecular weight excluding hydrogens is 407 g/mol. The lowest BCUT2D eigenvalue weighted by Crippen LogP contribution is -2.39. The van der Waals surface area contributed by atoms with Gasteiger partial charge in [0.1, 0.15) is 0 Å². The van der Waals surface area contributed by atoms with Crippen molar-refractivity contribution < 1.29 is 4.79 Å². The number of hydrogen-bond acceptors (Lipinski definition) is 3. The maximum Gasteiger partial charge on any atom is 0.222 e. The molecule has 0 radical (unpaired) electrons. The van der Waals surface area contributed by atoms with E-state index in [4.69, 9.17) is 0 Å². The number of amides is 1. The lowest BCUT2D eigenvalue weighted by molar-refractivity contribution is -0.127. The Bertz CT molecular complexity index is 476. The fourth-order valence-corrected chi connectivity index (χ4v) is 2.46. The van der Waals surface area contributed by atoms with Crippen LogP contribution < -0.4 is 10.6 Å². The predicted molar refractivity (Wildman–Crippen MR) is 102 cm³/mol.